The molecule has 2 aliphatic carbocycles. The lowest BCUT2D eigenvalue weighted by atomic mass is 10.2. The summed E-state index contributed by atoms with van der Waals surface area (Å²) < 4.78 is 0. The van der Waals surface area contributed by atoms with Crippen molar-refractivity contribution in [2.24, 2.45) is 5.92 Å². The molecule has 3 heteroatoms. The summed E-state index contributed by atoms with van der Waals surface area (Å²) in [5, 5.41) is 3.76. The molecule has 0 aromatic carbocycles. The lowest BCUT2D eigenvalue weighted by molar-refractivity contribution is -0.117. The van der Waals surface area contributed by atoms with Crippen molar-refractivity contribution in [1.29, 1.82) is 0 Å². The number of carbonyl (C=O) groups excluding carboxylic acids is 1. The molecule has 0 aromatic rings. The minimum absolute atomic E-state index is 0.0665. The number of rotatable bonds is 2. The third kappa shape index (κ3) is 1.88. The zero-order chi connectivity index (χ0) is 9.42. The predicted molar refractivity (Wildman–Crippen MR) is 52.4 cm³/mol. The Labute approximate surface area is 83.3 Å². The van der Waals surface area contributed by atoms with E-state index in [-0.39, 0.29) is 5.91 Å². The van der Waals surface area contributed by atoms with E-state index in [1.807, 2.05) is 0 Å². The van der Waals surface area contributed by atoms with Crippen LogP contribution < -0.4 is 5.32 Å². The van der Waals surface area contributed by atoms with Crippen molar-refractivity contribution in [3.8, 4) is 0 Å². The van der Waals surface area contributed by atoms with Crippen molar-refractivity contribution >= 4 is 17.5 Å². The molecule has 13 heavy (non-hydrogen) atoms. The topological polar surface area (TPSA) is 29.1 Å². The predicted octanol–water partition coefficient (Wildman–Crippen LogP) is 2.19. The van der Waals surface area contributed by atoms with E-state index in [1.165, 1.54) is 0 Å². The minimum atomic E-state index is 0.0665. The molecule has 2 nitrogen and oxygen atoms in total. The molecule has 0 aromatic heterocycles. The average molecular weight is 200 g/mol. The summed E-state index contributed by atoms with van der Waals surface area (Å²) >= 11 is 5.93. The van der Waals surface area contributed by atoms with E-state index in [2.05, 4.69) is 12.2 Å². The van der Waals surface area contributed by atoms with Gasteiger partial charge in [0.05, 0.1) is 0 Å². The van der Waals surface area contributed by atoms with Gasteiger partial charge < -0.3 is 5.32 Å². The third-order valence-corrected chi connectivity index (χ3v) is 3.27. The highest BCUT2D eigenvalue weighted by Gasteiger charge is 2.35. The number of hydrogen-bond donors (Lipinski definition) is 1. The fourth-order valence-electron chi connectivity index (χ4n) is 1.72. The molecule has 0 aliphatic heterocycles. The van der Waals surface area contributed by atoms with Crippen molar-refractivity contribution in [2.75, 3.05) is 0 Å². The largest absolute Gasteiger partial charge is 0.349 e. The Morgan fingerprint density at radius 1 is 1.54 bits per heavy atom. The Balaban J connectivity index is 1.93. The maximum atomic E-state index is 11.6. The summed E-state index contributed by atoms with van der Waals surface area (Å²) in [6, 6.07) is 0.407. The maximum Gasteiger partial charge on any atom is 0.248 e. The molecule has 1 amide bonds. The van der Waals surface area contributed by atoms with Gasteiger partial charge in [-0.25, -0.2) is 0 Å². The Hall–Kier alpha value is -0.500. The van der Waals surface area contributed by atoms with Gasteiger partial charge in [-0.3, -0.25) is 4.79 Å². The van der Waals surface area contributed by atoms with Gasteiger partial charge in [0, 0.05) is 16.6 Å². The van der Waals surface area contributed by atoms with Crippen LogP contribution >= 0.6 is 11.6 Å². The van der Waals surface area contributed by atoms with Crippen LogP contribution in [0.25, 0.3) is 0 Å². The first kappa shape index (κ1) is 9.07. The van der Waals surface area contributed by atoms with Crippen molar-refractivity contribution in [2.45, 2.75) is 38.6 Å². The van der Waals surface area contributed by atoms with Gasteiger partial charge in [0.1, 0.15) is 0 Å². The monoisotopic (exact) mass is 199 g/mol. The molecule has 0 saturated heterocycles. The van der Waals surface area contributed by atoms with Gasteiger partial charge in [-0.05, 0) is 31.6 Å². The third-order valence-electron chi connectivity index (χ3n) is 2.85. The van der Waals surface area contributed by atoms with Gasteiger partial charge in [0.2, 0.25) is 5.91 Å². The van der Waals surface area contributed by atoms with Crippen LogP contribution in [0.1, 0.15) is 32.6 Å². The standard InChI is InChI=1S/C10H14ClNO/c1-6-5-9(6)12-10(13)7-3-2-4-8(7)11/h6,9H,2-5H2,1H3,(H,12,13)/t6-,9-/m1/s1. The summed E-state index contributed by atoms with van der Waals surface area (Å²) in [5.41, 5.74) is 0.820. The summed E-state index contributed by atoms with van der Waals surface area (Å²) in [5.74, 6) is 0.724. The van der Waals surface area contributed by atoms with Crippen LogP contribution in [-0.4, -0.2) is 11.9 Å². The molecular weight excluding hydrogens is 186 g/mol. The van der Waals surface area contributed by atoms with E-state index in [4.69, 9.17) is 11.6 Å². The van der Waals surface area contributed by atoms with Gasteiger partial charge in [-0.15, -0.1) is 0 Å². The van der Waals surface area contributed by atoms with E-state index in [0.29, 0.717) is 12.0 Å². The van der Waals surface area contributed by atoms with E-state index < -0.39 is 0 Å². The molecule has 72 valence electrons. The highest BCUT2D eigenvalue weighted by Crippen LogP contribution is 2.32. The van der Waals surface area contributed by atoms with Crippen LogP contribution in [0.15, 0.2) is 10.6 Å². The Kier molecular flexibility index (Phi) is 2.33. The lowest BCUT2D eigenvalue weighted by Crippen LogP contribution is -2.27. The highest BCUT2D eigenvalue weighted by molar-refractivity contribution is 6.32. The minimum Gasteiger partial charge on any atom is -0.349 e. The van der Waals surface area contributed by atoms with Crippen LogP contribution in [0.5, 0.6) is 0 Å². The number of amides is 1. The van der Waals surface area contributed by atoms with Crippen LogP contribution in [0, 0.1) is 5.92 Å². The first-order chi connectivity index (χ1) is 6.18. The Morgan fingerprint density at radius 3 is 2.69 bits per heavy atom. The summed E-state index contributed by atoms with van der Waals surface area (Å²) in [6.45, 7) is 2.15. The number of nitrogens with one attached hydrogen (secondary N) is 1. The van der Waals surface area contributed by atoms with E-state index in [9.17, 15) is 4.79 Å². The van der Waals surface area contributed by atoms with Crippen LogP contribution in [0.3, 0.4) is 0 Å². The van der Waals surface area contributed by atoms with E-state index in [0.717, 1.165) is 36.3 Å². The first-order valence-electron chi connectivity index (χ1n) is 4.87. The molecule has 0 unspecified atom stereocenters. The van der Waals surface area contributed by atoms with Crippen LogP contribution in [0.2, 0.25) is 0 Å². The molecule has 2 aliphatic rings. The Bertz CT molecular complexity index is 272. The summed E-state index contributed by atoms with van der Waals surface area (Å²) in [6.07, 6.45) is 3.88. The zero-order valence-electron chi connectivity index (χ0n) is 7.77. The smallest absolute Gasteiger partial charge is 0.248 e. The molecule has 1 saturated carbocycles. The van der Waals surface area contributed by atoms with Gasteiger partial charge in [-0.1, -0.05) is 18.5 Å². The van der Waals surface area contributed by atoms with Crippen LogP contribution in [-0.2, 0) is 4.79 Å². The molecular formula is C10H14ClNO. The Morgan fingerprint density at radius 2 is 2.23 bits per heavy atom. The second-order valence-electron chi connectivity index (χ2n) is 4.03. The molecule has 0 spiro atoms. The molecule has 1 fully saturated rings. The number of halogens is 1. The number of hydrogen-bond acceptors (Lipinski definition) is 1. The van der Waals surface area contributed by atoms with Crippen molar-refractivity contribution < 1.29 is 4.79 Å². The quantitative estimate of drug-likeness (QED) is 0.726. The SMILES string of the molecule is C[C@@H]1C[C@H]1NC(=O)C1=C(Cl)CCC1. The lowest BCUT2D eigenvalue weighted by Gasteiger charge is -2.04. The summed E-state index contributed by atoms with van der Waals surface area (Å²) in [4.78, 5) is 11.6. The molecule has 0 radical (unpaired) electrons. The molecule has 0 heterocycles. The van der Waals surface area contributed by atoms with E-state index in [1.54, 1.807) is 0 Å². The first-order valence-corrected chi connectivity index (χ1v) is 5.24. The fraction of sp³-hybridized carbons (Fsp3) is 0.700. The van der Waals surface area contributed by atoms with Crippen molar-refractivity contribution in [3.05, 3.63) is 10.6 Å². The van der Waals surface area contributed by atoms with Gasteiger partial charge >= 0.3 is 0 Å². The molecule has 1 N–H and O–H groups in total. The number of carbonyl (C=O) groups is 1. The van der Waals surface area contributed by atoms with Crippen molar-refractivity contribution in [1.82, 2.24) is 5.32 Å². The van der Waals surface area contributed by atoms with Crippen molar-refractivity contribution in [3.63, 3.8) is 0 Å². The fourth-order valence-corrected chi connectivity index (χ4v) is 2.04. The van der Waals surface area contributed by atoms with Gasteiger partial charge in [0.25, 0.3) is 0 Å². The van der Waals surface area contributed by atoms with E-state index >= 15 is 0 Å². The summed E-state index contributed by atoms with van der Waals surface area (Å²) in [7, 11) is 0. The molecule has 0 bridgehead atoms. The number of allylic oxidation sites excluding steroid dienone is 1. The highest BCUT2D eigenvalue weighted by atomic mass is 35.5. The second-order valence-corrected chi connectivity index (χ2v) is 4.49. The average Bonchev–Trinajstić information content (AvgIpc) is 2.62. The normalized spacial score (nSPS) is 32.2. The molecule has 2 atom stereocenters. The second kappa shape index (κ2) is 3.33. The molecule has 2 rings (SSSR count). The van der Waals surface area contributed by atoms with Gasteiger partial charge in [-0.2, -0.15) is 0 Å². The van der Waals surface area contributed by atoms with Crippen LogP contribution in [0.4, 0.5) is 0 Å². The zero-order valence-corrected chi connectivity index (χ0v) is 8.53. The maximum absolute atomic E-state index is 11.6. The van der Waals surface area contributed by atoms with Gasteiger partial charge in [0.15, 0.2) is 0 Å².